The van der Waals surface area contributed by atoms with Gasteiger partial charge in [-0.05, 0) is 17.7 Å². The molecule has 1 unspecified atom stereocenters. The van der Waals surface area contributed by atoms with Gasteiger partial charge in [-0.15, -0.1) is 0 Å². The van der Waals surface area contributed by atoms with E-state index in [1.165, 1.54) is 0 Å². The van der Waals surface area contributed by atoms with Crippen LogP contribution in [0.4, 0.5) is 0 Å². The summed E-state index contributed by atoms with van der Waals surface area (Å²) in [6.45, 7) is 3.64. The number of aromatic nitrogens is 2. The fourth-order valence-corrected chi connectivity index (χ4v) is 1.97. The zero-order valence-corrected chi connectivity index (χ0v) is 9.77. The molecule has 0 saturated carbocycles. The summed E-state index contributed by atoms with van der Waals surface area (Å²) in [5.41, 5.74) is 6.70. The van der Waals surface area contributed by atoms with Crippen LogP contribution >= 0.6 is 0 Å². The highest BCUT2D eigenvalue weighted by atomic mass is 16.4. The lowest BCUT2D eigenvalue weighted by Crippen LogP contribution is -2.46. The zero-order valence-electron chi connectivity index (χ0n) is 9.77. The molecule has 2 aromatic heterocycles. The van der Waals surface area contributed by atoms with Gasteiger partial charge in [0.05, 0.1) is 0 Å². The second-order valence-electron chi connectivity index (χ2n) is 4.64. The van der Waals surface area contributed by atoms with Crippen molar-refractivity contribution in [2.24, 2.45) is 5.73 Å². The molecular weight excluding hydrogens is 218 g/mol. The predicted octanol–water partition coefficient (Wildman–Crippen LogP) is 1.25. The molecule has 2 aromatic rings. The Morgan fingerprint density at radius 1 is 1.59 bits per heavy atom. The Labute approximate surface area is 98.7 Å². The van der Waals surface area contributed by atoms with Gasteiger partial charge in [-0.1, -0.05) is 13.8 Å². The fourth-order valence-electron chi connectivity index (χ4n) is 1.97. The lowest BCUT2D eigenvalue weighted by atomic mass is 9.78. The van der Waals surface area contributed by atoms with Crippen LogP contribution in [0.5, 0.6) is 0 Å². The minimum absolute atomic E-state index is 0.660. The van der Waals surface area contributed by atoms with Crippen molar-refractivity contribution in [1.82, 2.24) is 9.97 Å². The number of carboxylic acids is 1. The fraction of sp³-hybridized carbons (Fsp3) is 0.333. The van der Waals surface area contributed by atoms with Crippen LogP contribution in [-0.2, 0) is 10.2 Å². The average molecular weight is 233 g/mol. The van der Waals surface area contributed by atoms with Crippen LogP contribution in [-0.4, -0.2) is 27.1 Å². The van der Waals surface area contributed by atoms with Gasteiger partial charge in [0.15, 0.2) is 0 Å². The number of nitrogens with two attached hydrogens (primary N) is 1. The summed E-state index contributed by atoms with van der Waals surface area (Å²) < 4.78 is 0. The first-order valence-corrected chi connectivity index (χ1v) is 5.35. The normalized spacial score (nSPS) is 13.8. The molecule has 17 heavy (non-hydrogen) atoms. The van der Waals surface area contributed by atoms with E-state index in [0.29, 0.717) is 0 Å². The van der Waals surface area contributed by atoms with Crippen molar-refractivity contribution in [3.8, 4) is 0 Å². The SMILES string of the molecule is CC(C)(c1c[nH]c2ncccc12)C(N)C(=O)O. The number of H-pyrrole nitrogens is 1. The summed E-state index contributed by atoms with van der Waals surface area (Å²) in [6.07, 6.45) is 3.47. The first kappa shape index (κ1) is 11.6. The third kappa shape index (κ3) is 1.78. The van der Waals surface area contributed by atoms with Crippen molar-refractivity contribution in [2.75, 3.05) is 0 Å². The first-order chi connectivity index (χ1) is 7.94. The molecule has 5 heteroatoms. The Kier molecular flexibility index (Phi) is 2.63. The lowest BCUT2D eigenvalue weighted by Gasteiger charge is -2.28. The van der Waals surface area contributed by atoms with Crippen molar-refractivity contribution >= 4 is 17.0 Å². The summed E-state index contributed by atoms with van der Waals surface area (Å²) in [7, 11) is 0. The zero-order chi connectivity index (χ0) is 12.6. The largest absolute Gasteiger partial charge is 0.480 e. The molecule has 0 aliphatic carbocycles. The van der Waals surface area contributed by atoms with E-state index in [-0.39, 0.29) is 0 Å². The maximum absolute atomic E-state index is 11.0. The third-order valence-corrected chi connectivity index (χ3v) is 3.19. The minimum Gasteiger partial charge on any atom is -0.480 e. The standard InChI is InChI=1S/C12H15N3O2/c1-12(2,9(13)11(16)17)8-6-15-10-7(8)4-3-5-14-10/h3-6,9H,13H2,1-2H3,(H,14,15)(H,16,17). The van der Waals surface area contributed by atoms with Gasteiger partial charge in [0, 0.05) is 23.2 Å². The Hall–Kier alpha value is -1.88. The highest BCUT2D eigenvalue weighted by molar-refractivity contribution is 5.83. The number of pyridine rings is 1. The Morgan fingerprint density at radius 3 is 2.94 bits per heavy atom. The topological polar surface area (TPSA) is 92.0 Å². The number of hydrogen-bond acceptors (Lipinski definition) is 3. The second kappa shape index (κ2) is 3.85. The van der Waals surface area contributed by atoms with E-state index in [1.807, 2.05) is 26.0 Å². The molecule has 0 radical (unpaired) electrons. The first-order valence-electron chi connectivity index (χ1n) is 5.35. The van der Waals surface area contributed by atoms with Crippen LogP contribution in [0.3, 0.4) is 0 Å². The molecule has 0 aromatic carbocycles. The van der Waals surface area contributed by atoms with Crippen LogP contribution in [0, 0.1) is 0 Å². The van der Waals surface area contributed by atoms with Gasteiger partial charge in [0.25, 0.3) is 0 Å². The van der Waals surface area contributed by atoms with E-state index in [2.05, 4.69) is 9.97 Å². The Balaban J connectivity index is 2.56. The smallest absolute Gasteiger partial charge is 0.321 e. The highest BCUT2D eigenvalue weighted by Gasteiger charge is 2.35. The summed E-state index contributed by atoms with van der Waals surface area (Å²) in [5, 5.41) is 9.95. The van der Waals surface area contributed by atoms with Gasteiger partial charge in [-0.3, -0.25) is 4.79 Å². The number of nitrogens with zero attached hydrogens (tertiary/aromatic N) is 1. The summed E-state index contributed by atoms with van der Waals surface area (Å²) in [4.78, 5) is 18.2. The molecule has 0 spiro atoms. The number of hydrogen-bond donors (Lipinski definition) is 3. The number of aliphatic carboxylic acids is 1. The van der Waals surface area contributed by atoms with Crippen molar-refractivity contribution in [3.63, 3.8) is 0 Å². The molecule has 0 fully saturated rings. The number of nitrogens with one attached hydrogen (secondary N) is 1. The molecule has 2 rings (SSSR count). The molecular formula is C12H15N3O2. The number of fused-ring (bicyclic) bond motifs is 1. The van der Waals surface area contributed by atoms with Crippen LogP contribution in [0.15, 0.2) is 24.5 Å². The summed E-state index contributed by atoms with van der Waals surface area (Å²) in [5.74, 6) is -1.01. The van der Waals surface area contributed by atoms with Crippen LogP contribution in [0.25, 0.3) is 11.0 Å². The number of aromatic amines is 1. The van der Waals surface area contributed by atoms with Crippen molar-refractivity contribution < 1.29 is 9.90 Å². The monoisotopic (exact) mass is 233 g/mol. The number of carboxylic acid groups (broad SMARTS) is 1. The van der Waals surface area contributed by atoms with Gasteiger partial charge in [-0.2, -0.15) is 0 Å². The highest BCUT2D eigenvalue weighted by Crippen LogP contribution is 2.31. The molecule has 5 nitrogen and oxygen atoms in total. The quantitative estimate of drug-likeness (QED) is 0.744. The molecule has 90 valence electrons. The van der Waals surface area contributed by atoms with Gasteiger partial charge >= 0.3 is 5.97 Å². The van der Waals surface area contributed by atoms with Crippen molar-refractivity contribution in [1.29, 1.82) is 0 Å². The molecule has 0 aliphatic rings. The third-order valence-electron chi connectivity index (χ3n) is 3.19. The van der Waals surface area contributed by atoms with E-state index in [0.717, 1.165) is 16.6 Å². The number of carbonyl (C=O) groups is 1. The van der Waals surface area contributed by atoms with Crippen LogP contribution in [0.1, 0.15) is 19.4 Å². The molecule has 0 bridgehead atoms. The molecule has 0 aliphatic heterocycles. The lowest BCUT2D eigenvalue weighted by molar-refractivity contribution is -0.140. The Morgan fingerprint density at radius 2 is 2.29 bits per heavy atom. The van der Waals surface area contributed by atoms with Crippen molar-refractivity contribution in [3.05, 3.63) is 30.1 Å². The number of rotatable bonds is 3. The van der Waals surface area contributed by atoms with Gasteiger partial charge in [0.1, 0.15) is 11.7 Å². The molecule has 1 atom stereocenters. The molecule has 0 saturated heterocycles. The second-order valence-corrected chi connectivity index (χ2v) is 4.64. The van der Waals surface area contributed by atoms with E-state index >= 15 is 0 Å². The molecule has 2 heterocycles. The predicted molar refractivity (Wildman–Crippen MR) is 64.7 cm³/mol. The van der Waals surface area contributed by atoms with Gasteiger partial charge < -0.3 is 15.8 Å². The molecule has 0 amide bonds. The van der Waals surface area contributed by atoms with Gasteiger partial charge in [-0.25, -0.2) is 4.98 Å². The average Bonchev–Trinajstić information content (AvgIpc) is 2.72. The van der Waals surface area contributed by atoms with Crippen LogP contribution < -0.4 is 5.73 Å². The maximum Gasteiger partial charge on any atom is 0.321 e. The molecule has 4 N–H and O–H groups in total. The summed E-state index contributed by atoms with van der Waals surface area (Å²) >= 11 is 0. The Bertz CT molecular complexity index is 560. The minimum atomic E-state index is -1.01. The van der Waals surface area contributed by atoms with E-state index in [9.17, 15) is 4.79 Å². The summed E-state index contributed by atoms with van der Waals surface area (Å²) in [6, 6.07) is 2.77. The van der Waals surface area contributed by atoms with Crippen LogP contribution in [0.2, 0.25) is 0 Å². The van der Waals surface area contributed by atoms with E-state index in [4.69, 9.17) is 10.8 Å². The van der Waals surface area contributed by atoms with Gasteiger partial charge in [0.2, 0.25) is 0 Å². The van der Waals surface area contributed by atoms with E-state index in [1.54, 1.807) is 12.4 Å². The van der Waals surface area contributed by atoms with Crippen molar-refractivity contribution in [2.45, 2.75) is 25.3 Å². The van der Waals surface area contributed by atoms with E-state index < -0.39 is 17.4 Å². The maximum atomic E-state index is 11.0.